The van der Waals surface area contributed by atoms with Crippen molar-refractivity contribution in [1.82, 2.24) is 4.98 Å². The first-order chi connectivity index (χ1) is 10.2. The number of hydrogen-bond donors (Lipinski definition) is 1. The first-order valence-corrected chi connectivity index (χ1v) is 7.09. The number of nitrogens with zero attached hydrogens (tertiary/aromatic N) is 1. The van der Waals surface area contributed by atoms with Gasteiger partial charge in [0.1, 0.15) is 0 Å². The summed E-state index contributed by atoms with van der Waals surface area (Å²) in [6.45, 7) is 0. The van der Waals surface area contributed by atoms with E-state index in [4.69, 9.17) is 16.3 Å². The Morgan fingerprint density at radius 1 is 1.24 bits per heavy atom. The van der Waals surface area contributed by atoms with Crippen molar-refractivity contribution in [2.24, 2.45) is 0 Å². The van der Waals surface area contributed by atoms with Gasteiger partial charge in [-0.15, -0.1) is 0 Å². The number of anilines is 1. The molecule has 2 aromatic rings. The molecular formula is C16H17ClN2O2. The van der Waals surface area contributed by atoms with Gasteiger partial charge in [0.05, 0.1) is 19.0 Å². The first-order valence-electron chi connectivity index (χ1n) is 6.72. The number of benzene rings is 1. The van der Waals surface area contributed by atoms with Crippen LogP contribution in [0.2, 0.25) is 5.02 Å². The number of amides is 1. The average molecular weight is 305 g/mol. The number of nitrogens with one attached hydrogen (secondary N) is 1. The number of rotatable bonds is 6. The molecule has 0 fully saturated rings. The van der Waals surface area contributed by atoms with Crippen LogP contribution in [0.1, 0.15) is 18.4 Å². The Morgan fingerprint density at radius 3 is 2.62 bits per heavy atom. The summed E-state index contributed by atoms with van der Waals surface area (Å²) in [5.74, 6) is 0.506. The molecule has 0 aliphatic heterocycles. The Bertz CT molecular complexity index is 582. The fraction of sp³-hybridized carbons (Fsp3) is 0.250. The molecule has 5 heteroatoms. The second kappa shape index (κ2) is 7.64. The van der Waals surface area contributed by atoms with Crippen molar-refractivity contribution >= 4 is 23.2 Å². The molecule has 0 atom stereocenters. The lowest BCUT2D eigenvalue weighted by molar-refractivity contribution is -0.116. The van der Waals surface area contributed by atoms with Crippen LogP contribution in [0.3, 0.4) is 0 Å². The molecule has 1 aromatic carbocycles. The Morgan fingerprint density at radius 2 is 2.00 bits per heavy atom. The molecule has 110 valence electrons. The largest absolute Gasteiger partial charge is 0.481 e. The van der Waals surface area contributed by atoms with E-state index in [2.05, 4.69) is 10.3 Å². The van der Waals surface area contributed by atoms with Gasteiger partial charge < -0.3 is 10.1 Å². The summed E-state index contributed by atoms with van der Waals surface area (Å²) in [5, 5.41) is 3.54. The van der Waals surface area contributed by atoms with E-state index >= 15 is 0 Å². The summed E-state index contributed by atoms with van der Waals surface area (Å²) in [5.41, 5.74) is 1.85. The number of hydrogen-bond acceptors (Lipinski definition) is 3. The normalized spacial score (nSPS) is 10.2. The first kappa shape index (κ1) is 15.3. The molecule has 0 radical (unpaired) electrons. The molecule has 2 rings (SSSR count). The number of carbonyl (C=O) groups excluding carboxylic acids is 1. The minimum Gasteiger partial charge on any atom is -0.481 e. The number of methoxy groups -OCH3 is 1. The van der Waals surface area contributed by atoms with E-state index in [1.807, 2.05) is 24.3 Å². The maximum Gasteiger partial charge on any atom is 0.224 e. The highest BCUT2D eigenvalue weighted by atomic mass is 35.5. The molecule has 0 spiro atoms. The van der Waals surface area contributed by atoms with E-state index in [1.54, 1.807) is 25.4 Å². The van der Waals surface area contributed by atoms with Gasteiger partial charge in [-0.2, -0.15) is 0 Å². The van der Waals surface area contributed by atoms with E-state index in [0.717, 1.165) is 17.9 Å². The van der Waals surface area contributed by atoms with Gasteiger partial charge in [-0.25, -0.2) is 4.98 Å². The topological polar surface area (TPSA) is 51.2 Å². The fourth-order valence-corrected chi connectivity index (χ4v) is 2.03. The van der Waals surface area contributed by atoms with Gasteiger partial charge in [-0.3, -0.25) is 4.79 Å². The van der Waals surface area contributed by atoms with Gasteiger partial charge in [0.2, 0.25) is 11.8 Å². The highest BCUT2D eigenvalue weighted by molar-refractivity contribution is 6.30. The average Bonchev–Trinajstić information content (AvgIpc) is 2.50. The summed E-state index contributed by atoms with van der Waals surface area (Å²) in [7, 11) is 1.55. The number of ether oxygens (including phenoxy) is 1. The smallest absolute Gasteiger partial charge is 0.224 e. The second-order valence-corrected chi connectivity index (χ2v) is 5.05. The van der Waals surface area contributed by atoms with Gasteiger partial charge in [0.15, 0.2) is 0 Å². The van der Waals surface area contributed by atoms with Crippen LogP contribution in [-0.4, -0.2) is 18.0 Å². The minimum atomic E-state index is -0.0177. The van der Waals surface area contributed by atoms with E-state index in [0.29, 0.717) is 18.0 Å². The lowest BCUT2D eigenvalue weighted by Crippen LogP contribution is -2.11. The Hall–Kier alpha value is -2.07. The third-order valence-corrected chi connectivity index (χ3v) is 3.26. The van der Waals surface area contributed by atoms with Gasteiger partial charge in [0.25, 0.3) is 0 Å². The van der Waals surface area contributed by atoms with E-state index in [1.165, 1.54) is 5.56 Å². The molecule has 1 amide bonds. The standard InChI is InChI=1S/C16H17ClN2O2/c1-21-16-10-9-14(11-18-16)19-15(20)4-2-3-12-5-7-13(17)8-6-12/h5-11H,2-4H2,1H3,(H,19,20). The zero-order valence-electron chi connectivity index (χ0n) is 11.8. The lowest BCUT2D eigenvalue weighted by atomic mass is 10.1. The van der Waals surface area contributed by atoms with Crippen molar-refractivity contribution in [3.63, 3.8) is 0 Å². The monoisotopic (exact) mass is 304 g/mol. The Labute approximate surface area is 129 Å². The van der Waals surface area contributed by atoms with E-state index in [-0.39, 0.29) is 5.91 Å². The van der Waals surface area contributed by atoms with Crippen molar-refractivity contribution in [3.8, 4) is 5.88 Å². The number of pyridine rings is 1. The number of carbonyl (C=O) groups is 1. The number of halogens is 1. The predicted molar refractivity (Wildman–Crippen MR) is 83.8 cm³/mol. The predicted octanol–water partition coefficient (Wildman–Crippen LogP) is 3.71. The van der Waals surface area contributed by atoms with E-state index in [9.17, 15) is 4.79 Å². The zero-order chi connectivity index (χ0) is 15.1. The summed E-state index contributed by atoms with van der Waals surface area (Å²) in [4.78, 5) is 15.9. The molecule has 0 unspecified atom stereocenters. The van der Waals surface area contributed by atoms with Gasteiger partial charge in [-0.1, -0.05) is 23.7 Å². The number of aryl methyl sites for hydroxylation is 1. The van der Waals surface area contributed by atoms with Crippen LogP contribution in [0, 0.1) is 0 Å². The third-order valence-electron chi connectivity index (χ3n) is 3.01. The SMILES string of the molecule is COc1ccc(NC(=O)CCCc2ccc(Cl)cc2)cn1. The van der Waals surface area contributed by atoms with Crippen molar-refractivity contribution in [2.75, 3.05) is 12.4 Å². The molecule has 1 aromatic heterocycles. The van der Waals surface area contributed by atoms with Crippen molar-refractivity contribution < 1.29 is 9.53 Å². The van der Waals surface area contributed by atoms with Crippen molar-refractivity contribution in [3.05, 3.63) is 53.2 Å². The fourth-order valence-electron chi connectivity index (χ4n) is 1.90. The minimum absolute atomic E-state index is 0.0177. The zero-order valence-corrected chi connectivity index (χ0v) is 12.6. The molecule has 0 saturated carbocycles. The van der Waals surface area contributed by atoms with Crippen molar-refractivity contribution in [2.45, 2.75) is 19.3 Å². The van der Waals surface area contributed by atoms with Crippen LogP contribution in [-0.2, 0) is 11.2 Å². The molecule has 0 aliphatic rings. The van der Waals surface area contributed by atoms with Gasteiger partial charge in [0, 0.05) is 17.5 Å². The van der Waals surface area contributed by atoms with Crippen LogP contribution >= 0.6 is 11.6 Å². The lowest BCUT2D eigenvalue weighted by Gasteiger charge is -2.06. The molecular weight excluding hydrogens is 288 g/mol. The highest BCUT2D eigenvalue weighted by Crippen LogP contribution is 2.13. The highest BCUT2D eigenvalue weighted by Gasteiger charge is 2.03. The quantitative estimate of drug-likeness (QED) is 0.885. The summed E-state index contributed by atoms with van der Waals surface area (Å²) in [6, 6.07) is 11.2. The van der Waals surface area contributed by atoms with Crippen LogP contribution in [0.4, 0.5) is 5.69 Å². The molecule has 0 aliphatic carbocycles. The van der Waals surface area contributed by atoms with Crippen LogP contribution < -0.4 is 10.1 Å². The van der Waals surface area contributed by atoms with Crippen molar-refractivity contribution in [1.29, 1.82) is 0 Å². The maximum absolute atomic E-state index is 11.8. The molecule has 0 bridgehead atoms. The molecule has 21 heavy (non-hydrogen) atoms. The van der Waals surface area contributed by atoms with Gasteiger partial charge >= 0.3 is 0 Å². The summed E-state index contributed by atoms with van der Waals surface area (Å²) < 4.78 is 4.96. The number of aromatic nitrogens is 1. The molecule has 4 nitrogen and oxygen atoms in total. The van der Waals surface area contributed by atoms with Crippen LogP contribution in [0.15, 0.2) is 42.6 Å². The summed E-state index contributed by atoms with van der Waals surface area (Å²) in [6.07, 6.45) is 3.69. The van der Waals surface area contributed by atoms with Crippen LogP contribution in [0.25, 0.3) is 0 Å². The third kappa shape index (κ3) is 5.08. The maximum atomic E-state index is 11.8. The molecule has 1 heterocycles. The van der Waals surface area contributed by atoms with E-state index < -0.39 is 0 Å². The molecule has 1 N–H and O–H groups in total. The van der Waals surface area contributed by atoms with Crippen LogP contribution in [0.5, 0.6) is 5.88 Å². The Balaban J connectivity index is 1.75. The Kier molecular flexibility index (Phi) is 5.58. The molecule has 0 saturated heterocycles. The summed E-state index contributed by atoms with van der Waals surface area (Å²) >= 11 is 5.83. The van der Waals surface area contributed by atoms with Gasteiger partial charge in [-0.05, 0) is 36.6 Å². The second-order valence-electron chi connectivity index (χ2n) is 4.62.